The molecule has 1 saturated heterocycles. The van der Waals surface area contributed by atoms with E-state index in [4.69, 9.17) is 26.8 Å². The molecule has 2 aliphatic heterocycles. The number of nitrogens with zero attached hydrogens (tertiary/aromatic N) is 1. The molecule has 1 aromatic rings. The Bertz CT molecular complexity index is 537. The van der Waals surface area contributed by atoms with E-state index in [1.165, 1.54) is 25.8 Å². The molecule has 108 valence electrons. The molecular formula is C15H19ClN2O2. The second-order valence-electron chi connectivity index (χ2n) is 6.02. The first-order valence-electron chi connectivity index (χ1n) is 7.31. The Hall–Kier alpha value is -0.970. The number of likely N-dealkylation sites (tertiary alicyclic amines) is 1. The lowest BCUT2D eigenvalue weighted by Crippen LogP contribution is -2.39. The highest BCUT2D eigenvalue weighted by molar-refractivity contribution is 6.32. The van der Waals surface area contributed by atoms with Crippen molar-refractivity contribution in [3.63, 3.8) is 0 Å². The van der Waals surface area contributed by atoms with Gasteiger partial charge in [-0.15, -0.1) is 0 Å². The lowest BCUT2D eigenvalue weighted by Gasteiger charge is -2.34. The molecule has 1 aromatic carbocycles. The van der Waals surface area contributed by atoms with Gasteiger partial charge in [-0.25, -0.2) is 0 Å². The normalized spacial score (nSPS) is 29.1. The van der Waals surface area contributed by atoms with Gasteiger partial charge in [0.05, 0.1) is 5.02 Å². The van der Waals surface area contributed by atoms with Crippen LogP contribution in [0.3, 0.4) is 0 Å². The van der Waals surface area contributed by atoms with Crippen LogP contribution < -0.4 is 15.2 Å². The summed E-state index contributed by atoms with van der Waals surface area (Å²) in [6.45, 7) is 2.03. The van der Waals surface area contributed by atoms with E-state index < -0.39 is 0 Å². The van der Waals surface area contributed by atoms with Crippen LogP contribution in [0.1, 0.15) is 30.9 Å². The summed E-state index contributed by atoms with van der Waals surface area (Å²) in [5.74, 6) is 2.27. The average molecular weight is 295 g/mol. The molecule has 0 amide bonds. The standard InChI is InChI=1S/C15H19ClN2O2/c16-12-4-10(5-14-15(12)20-8-19-14)13(6-17)18-7-9-1-2-11(18)3-9/h4-5,9,11,13H,1-3,6-8,17H2. The van der Waals surface area contributed by atoms with Gasteiger partial charge in [-0.3, -0.25) is 4.90 Å². The minimum atomic E-state index is 0.234. The Balaban J connectivity index is 1.66. The molecule has 0 radical (unpaired) electrons. The summed E-state index contributed by atoms with van der Waals surface area (Å²) in [5.41, 5.74) is 7.20. The number of ether oxygens (including phenoxy) is 2. The van der Waals surface area contributed by atoms with Crippen molar-refractivity contribution in [3.8, 4) is 11.5 Å². The summed E-state index contributed by atoms with van der Waals surface area (Å²) in [5, 5.41) is 0.623. The average Bonchev–Trinajstić information content (AvgIpc) is 3.15. The summed E-state index contributed by atoms with van der Waals surface area (Å²) in [4.78, 5) is 2.56. The van der Waals surface area contributed by atoms with Gasteiger partial charge in [0.1, 0.15) is 0 Å². The van der Waals surface area contributed by atoms with Crippen LogP contribution in [0.5, 0.6) is 11.5 Å². The van der Waals surface area contributed by atoms with Gasteiger partial charge in [0.15, 0.2) is 11.5 Å². The maximum Gasteiger partial charge on any atom is 0.231 e. The maximum atomic E-state index is 6.30. The Morgan fingerprint density at radius 1 is 1.35 bits per heavy atom. The van der Waals surface area contributed by atoms with Crippen molar-refractivity contribution in [2.45, 2.75) is 31.3 Å². The van der Waals surface area contributed by atoms with Gasteiger partial charge in [0.25, 0.3) is 0 Å². The van der Waals surface area contributed by atoms with Gasteiger partial charge in [-0.2, -0.15) is 0 Å². The minimum Gasteiger partial charge on any atom is -0.454 e. The second-order valence-corrected chi connectivity index (χ2v) is 6.42. The first-order valence-corrected chi connectivity index (χ1v) is 7.69. The van der Waals surface area contributed by atoms with E-state index in [0.717, 1.165) is 17.2 Å². The van der Waals surface area contributed by atoms with E-state index in [1.807, 2.05) is 12.1 Å². The van der Waals surface area contributed by atoms with Crippen LogP contribution in [-0.4, -0.2) is 30.8 Å². The molecule has 4 nitrogen and oxygen atoms in total. The van der Waals surface area contributed by atoms with E-state index in [9.17, 15) is 0 Å². The topological polar surface area (TPSA) is 47.7 Å². The summed E-state index contributed by atoms with van der Waals surface area (Å²) in [6, 6.07) is 4.95. The molecule has 3 atom stereocenters. The fraction of sp³-hybridized carbons (Fsp3) is 0.600. The largest absolute Gasteiger partial charge is 0.454 e. The summed E-state index contributed by atoms with van der Waals surface area (Å²) in [7, 11) is 0. The molecule has 2 bridgehead atoms. The zero-order valence-corrected chi connectivity index (χ0v) is 12.1. The molecule has 20 heavy (non-hydrogen) atoms. The number of benzene rings is 1. The van der Waals surface area contributed by atoms with Crippen LogP contribution in [0.2, 0.25) is 5.02 Å². The quantitative estimate of drug-likeness (QED) is 0.931. The van der Waals surface area contributed by atoms with Crippen LogP contribution in [0.4, 0.5) is 0 Å². The predicted octanol–water partition coefficient (Wildman–Crippen LogP) is 2.55. The van der Waals surface area contributed by atoms with Crippen LogP contribution in [0.25, 0.3) is 0 Å². The van der Waals surface area contributed by atoms with Gasteiger partial charge in [-0.05, 0) is 42.9 Å². The predicted molar refractivity (Wildman–Crippen MR) is 77.2 cm³/mol. The number of piperidine rings is 1. The van der Waals surface area contributed by atoms with Crippen molar-refractivity contribution in [2.24, 2.45) is 11.7 Å². The molecule has 3 unspecified atom stereocenters. The smallest absolute Gasteiger partial charge is 0.231 e. The van der Waals surface area contributed by atoms with Crippen LogP contribution in [-0.2, 0) is 0 Å². The summed E-state index contributed by atoms with van der Waals surface area (Å²) in [6.07, 6.45) is 4.01. The zero-order chi connectivity index (χ0) is 13.7. The maximum absolute atomic E-state index is 6.30. The van der Waals surface area contributed by atoms with Crippen LogP contribution in [0.15, 0.2) is 12.1 Å². The van der Waals surface area contributed by atoms with Crippen molar-refractivity contribution in [3.05, 3.63) is 22.7 Å². The van der Waals surface area contributed by atoms with E-state index in [1.54, 1.807) is 0 Å². The van der Waals surface area contributed by atoms with Gasteiger partial charge in [0.2, 0.25) is 6.79 Å². The fourth-order valence-corrected chi connectivity index (χ4v) is 4.26. The molecule has 2 N–H and O–H groups in total. The van der Waals surface area contributed by atoms with Crippen LogP contribution >= 0.6 is 11.6 Å². The van der Waals surface area contributed by atoms with E-state index in [2.05, 4.69) is 4.90 Å². The first kappa shape index (κ1) is 12.7. The van der Waals surface area contributed by atoms with E-state index >= 15 is 0 Å². The molecule has 1 aliphatic carbocycles. The number of nitrogens with two attached hydrogens (primary N) is 1. The van der Waals surface area contributed by atoms with Gasteiger partial charge in [-0.1, -0.05) is 11.6 Å². The highest BCUT2D eigenvalue weighted by atomic mass is 35.5. The number of rotatable bonds is 3. The third kappa shape index (κ3) is 1.90. The molecule has 2 fully saturated rings. The molecular weight excluding hydrogens is 276 g/mol. The van der Waals surface area contributed by atoms with Gasteiger partial charge in [0, 0.05) is 25.2 Å². The Morgan fingerprint density at radius 3 is 2.95 bits per heavy atom. The second kappa shape index (κ2) is 4.79. The minimum absolute atomic E-state index is 0.234. The van der Waals surface area contributed by atoms with Crippen molar-refractivity contribution in [1.29, 1.82) is 0 Å². The number of hydrogen-bond donors (Lipinski definition) is 1. The van der Waals surface area contributed by atoms with E-state index in [0.29, 0.717) is 23.4 Å². The Morgan fingerprint density at radius 2 is 2.25 bits per heavy atom. The lowest BCUT2D eigenvalue weighted by atomic mass is 10.0. The molecule has 4 rings (SSSR count). The third-order valence-electron chi connectivity index (χ3n) is 4.91. The number of fused-ring (bicyclic) bond motifs is 3. The van der Waals surface area contributed by atoms with Crippen molar-refractivity contribution < 1.29 is 9.47 Å². The highest BCUT2D eigenvalue weighted by Crippen LogP contribution is 2.45. The molecule has 3 aliphatic rings. The summed E-state index contributed by atoms with van der Waals surface area (Å²) < 4.78 is 10.8. The van der Waals surface area contributed by atoms with Crippen molar-refractivity contribution in [2.75, 3.05) is 19.9 Å². The molecule has 0 spiro atoms. The molecule has 5 heteroatoms. The molecule has 1 saturated carbocycles. The van der Waals surface area contributed by atoms with Crippen molar-refractivity contribution >= 4 is 11.6 Å². The Kier molecular flexibility index (Phi) is 3.05. The summed E-state index contributed by atoms with van der Waals surface area (Å²) >= 11 is 6.30. The van der Waals surface area contributed by atoms with Gasteiger partial charge < -0.3 is 15.2 Å². The molecule has 2 heterocycles. The lowest BCUT2D eigenvalue weighted by molar-refractivity contribution is 0.152. The first-order chi connectivity index (χ1) is 9.76. The van der Waals surface area contributed by atoms with Crippen LogP contribution in [0, 0.1) is 5.92 Å². The zero-order valence-electron chi connectivity index (χ0n) is 11.3. The fourth-order valence-electron chi connectivity index (χ4n) is 3.99. The highest BCUT2D eigenvalue weighted by Gasteiger charge is 2.41. The van der Waals surface area contributed by atoms with Crippen molar-refractivity contribution in [1.82, 2.24) is 4.90 Å². The monoisotopic (exact) mass is 294 g/mol. The number of halogens is 1. The Labute approximate surface area is 123 Å². The number of hydrogen-bond acceptors (Lipinski definition) is 4. The van der Waals surface area contributed by atoms with Gasteiger partial charge >= 0.3 is 0 Å². The third-order valence-corrected chi connectivity index (χ3v) is 5.19. The van der Waals surface area contributed by atoms with E-state index in [-0.39, 0.29) is 12.8 Å². The molecule has 0 aromatic heterocycles. The SMILES string of the molecule is NCC(c1cc(Cl)c2c(c1)OCO2)N1CC2CCC1C2.